The van der Waals surface area contributed by atoms with Crippen molar-refractivity contribution in [3.63, 3.8) is 0 Å². The summed E-state index contributed by atoms with van der Waals surface area (Å²) in [6, 6.07) is 21.3. The van der Waals surface area contributed by atoms with Gasteiger partial charge >= 0.3 is 0 Å². The van der Waals surface area contributed by atoms with Crippen LogP contribution in [0.2, 0.25) is 0 Å². The molecule has 0 aliphatic carbocycles. The molecule has 0 bridgehead atoms. The van der Waals surface area contributed by atoms with Gasteiger partial charge in [-0.25, -0.2) is 0 Å². The van der Waals surface area contributed by atoms with Crippen molar-refractivity contribution in [2.24, 2.45) is 7.05 Å². The molecular formula is C37H33Br2N5O2. The Hall–Kier alpha value is -4.60. The summed E-state index contributed by atoms with van der Waals surface area (Å²) in [5.41, 5.74) is 12.5. The van der Waals surface area contributed by atoms with E-state index in [1.165, 1.54) is 78.7 Å². The molecule has 9 heteroatoms. The van der Waals surface area contributed by atoms with Gasteiger partial charge in [-0.15, -0.1) is 0 Å². The zero-order valence-electron chi connectivity index (χ0n) is 26.1. The second-order valence-corrected chi connectivity index (χ2v) is 13.1. The molecule has 3 aromatic carbocycles. The highest BCUT2D eigenvalue weighted by atomic mass is 79.9. The number of benzene rings is 3. The lowest BCUT2D eigenvalue weighted by molar-refractivity contribution is -0.135. The molecule has 1 aliphatic heterocycles. The Morgan fingerprint density at radius 2 is 1.02 bits per heavy atom. The summed E-state index contributed by atoms with van der Waals surface area (Å²) in [5.74, 6) is -0.617. The van der Waals surface area contributed by atoms with E-state index in [0.29, 0.717) is 8.96 Å². The van der Waals surface area contributed by atoms with E-state index in [1.54, 1.807) is 0 Å². The summed E-state index contributed by atoms with van der Waals surface area (Å²) in [6.07, 6.45) is 10.7. The van der Waals surface area contributed by atoms with Crippen LogP contribution in [0.1, 0.15) is 16.7 Å². The fourth-order valence-corrected chi connectivity index (χ4v) is 6.76. The number of aromatic amines is 3. The minimum absolute atomic E-state index is 0.292. The van der Waals surface area contributed by atoms with Gasteiger partial charge in [0.2, 0.25) is 0 Å². The van der Waals surface area contributed by atoms with Crippen LogP contribution in [0.5, 0.6) is 0 Å². The van der Waals surface area contributed by atoms with Crippen molar-refractivity contribution in [3.8, 4) is 22.3 Å². The van der Waals surface area contributed by atoms with Crippen molar-refractivity contribution in [2.75, 3.05) is 7.05 Å². The monoisotopic (exact) mass is 737 g/mol. The third-order valence-electron chi connectivity index (χ3n) is 8.36. The normalized spacial score (nSPS) is 13.1. The molecule has 0 unspecified atom stereocenters. The second-order valence-electron chi connectivity index (χ2n) is 11.5. The van der Waals surface area contributed by atoms with Crippen molar-refractivity contribution in [1.82, 2.24) is 24.4 Å². The fraction of sp³-hybridized carbons (Fsp3) is 0.135. The molecule has 0 atom stereocenters. The number of hydrogen-bond acceptors (Lipinski definition) is 2. The molecule has 7 nitrogen and oxygen atoms in total. The number of nitrogens with zero attached hydrogens (tertiary/aromatic N) is 2. The number of halogens is 2. The lowest BCUT2D eigenvalue weighted by Crippen LogP contribution is -2.25. The number of hydrogen-bond donors (Lipinski definition) is 3. The Bertz CT molecular complexity index is 2180. The highest BCUT2D eigenvalue weighted by molar-refractivity contribution is 9.14. The van der Waals surface area contributed by atoms with E-state index >= 15 is 0 Å². The highest BCUT2D eigenvalue weighted by Gasteiger charge is 2.32. The van der Waals surface area contributed by atoms with Gasteiger partial charge in [-0.05, 0) is 80.8 Å². The largest absolute Gasteiger partial charge is 0.361 e. The Balaban J connectivity index is 0.000000152. The number of rotatable bonds is 2. The van der Waals surface area contributed by atoms with Crippen LogP contribution in [0.15, 0.2) is 101 Å². The lowest BCUT2D eigenvalue weighted by atomic mass is 9.97. The summed E-state index contributed by atoms with van der Waals surface area (Å²) in [6.45, 7) is 6.41. The number of likely N-dealkylation sites (N-methyl/N-ethyl adjacent to an activating group) is 1. The maximum absolute atomic E-state index is 10.9. The van der Waals surface area contributed by atoms with Crippen molar-refractivity contribution in [2.45, 2.75) is 20.8 Å². The Morgan fingerprint density at radius 1 is 0.565 bits per heavy atom. The van der Waals surface area contributed by atoms with E-state index < -0.39 is 0 Å². The standard InChI is InChI=1S/C23H21N3.C9H9N.C5H3Br2NO2/c1-14-6-4-8-16-18(10-24-22(14)16)20-12-26(3)13-21(20)19-11-25-23-15(2)7-5-9-17(19)23;1-7-3-2-4-8-5-6-10-9(7)8;1-8-4(9)2(6)3(7)5(8)10/h4-13,24-25H,1-3H3;2-6,10H,1H3;1H3. The molecule has 7 aromatic rings. The number of fused-ring (bicyclic) bond motifs is 3. The summed E-state index contributed by atoms with van der Waals surface area (Å²) < 4.78 is 2.73. The quantitative estimate of drug-likeness (QED) is 0.154. The minimum atomic E-state index is -0.308. The molecule has 0 radical (unpaired) electrons. The van der Waals surface area contributed by atoms with Gasteiger partial charge in [-0.2, -0.15) is 0 Å². The number of carbonyl (C=O) groups excluding carboxylic acids is 2. The molecule has 1 aliphatic rings. The maximum atomic E-state index is 10.9. The number of imide groups is 1. The lowest BCUT2D eigenvalue weighted by Gasteiger charge is -2.04. The van der Waals surface area contributed by atoms with Crippen LogP contribution in [0.4, 0.5) is 0 Å². The third kappa shape index (κ3) is 5.65. The smallest absolute Gasteiger partial charge is 0.268 e. The first-order valence-corrected chi connectivity index (χ1v) is 16.4. The molecule has 3 N–H and O–H groups in total. The van der Waals surface area contributed by atoms with E-state index in [9.17, 15) is 9.59 Å². The zero-order valence-corrected chi connectivity index (χ0v) is 29.3. The molecule has 4 aromatic heterocycles. The van der Waals surface area contributed by atoms with Gasteiger partial charge in [0.25, 0.3) is 11.8 Å². The zero-order chi connectivity index (χ0) is 32.7. The Morgan fingerprint density at radius 3 is 1.46 bits per heavy atom. The maximum Gasteiger partial charge on any atom is 0.268 e. The molecule has 232 valence electrons. The van der Waals surface area contributed by atoms with E-state index in [2.05, 4.69) is 165 Å². The van der Waals surface area contributed by atoms with Crippen molar-refractivity contribution >= 4 is 76.4 Å². The van der Waals surface area contributed by atoms with Crippen LogP contribution in [0, 0.1) is 20.8 Å². The topological polar surface area (TPSA) is 89.7 Å². The number of carbonyl (C=O) groups is 2. The summed E-state index contributed by atoms with van der Waals surface area (Å²) in [5, 5.41) is 3.84. The summed E-state index contributed by atoms with van der Waals surface area (Å²) >= 11 is 5.94. The molecule has 46 heavy (non-hydrogen) atoms. The molecule has 0 saturated carbocycles. The minimum Gasteiger partial charge on any atom is -0.361 e. The SMILES string of the molecule is CN1C(=O)C(Br)=C(Br)C1=O.Cc1cccc2c(-c3cn(C)cc3-c3c[nH]c4c(C)cccc34)c[nH]c12.Cc1cccc2cc[nH]c12. The van der Waals surface area contributed by atoms with Crippen LogP contribution < -0.4 is 0 Å². The number of aryl methyl sites for hydroxylation is 4. The van der Waals surface area contributed by atoms with E-state index in [4.69, 9.17) is 0 Å². The molecule has 8 rings (SSSR count). The molecule has 5 heterocycles. The number of nitrogens with one attached hydrogen (secondary N) is 3. The fourth-order valence-electron chi connectivity index (χ4n) is 5.89. The average molecular weight is 740 g/mol. The number of aromatic nitrogens is 4. The number of amides is 2. The van der Waals surface area contributed by atoms with Gasteiger partial charge in [0.15, 0.2) is 0 Å². The van der Waals surface area contributed by atoms with E-state index in [0.717, 1.165) is 4.90 Å². The highest BCUT2D eigenvalue weighted by Crippen LogP contribution is 2.40. The first-order valence-electron chi connectivity index (χ1n) is 14.8. The second kappa shape index (κ2) is 12.7. The predicted molar refractivity (Wildman–Crippen MR) is 195 cm³/mol. The van der Waals surface area contributed by atoms with Gasteiger partial charge in [-0.1, -0.05) is 54.6 Å². The van der Waals surface area contributed by atoms with Crippen LogP contribution in [0.3, 0.4) is 0 Å². The summed E-state index contributed by atoms with van der Waals surface area (Å²) in [4.78, 5) is 32.9. The molecular weight excluding hydrogens is 706 g/mol. The number of para-hydroxylation sites is 3. The van der Waals surface area contributed by atoms with Gasteiger partial charge in [0.05, 0.1) is 0 Å². The predicted octanol–water partition coefficient (Wildman–Crippen LogP) is 9.40. The average Bonchev–Trinajstić information content (AvgIpc) is 3.87. The molecule has 0 fully saturated rings. The first kappa shape index (κ1) is 31.4. The van der Waals surface area contributed by atoms with Crippen LogP contribution >= 0.6 is 31.9 Å². The van der Waals surface area contributed by atoms with E-state index in [1.807, 2.05) is 6.20 Å². The molecule has 0 spiro atoms. The van der Waals surface area contributed by atoms with Crippen LogP contribution in [0.25, 0.3) is 55.0 Å². The molecule has 2 amide bonds. The van der Waals surface area contributed by atoms with Crippen molar-refractivity contribution in [3.05, 3.63) is 117 Å². The van der Waals surface area contributed by atoms with Crippen molar-refractivity contribution in [1.29, 1.82) is 0 Å². The van der Waals surface area contributed by atoms with Crippen LogP contribution in [-0.2, 0) is 16.6 Å². The van der Waals surface area contributed by atoms with Gasteiger partial charge < -0.3 is 19.5 Å². The van der Waals surface area contributed by atoms with Gasteiger partial charge in [-0.3, -0.25) is 14.5 Å². The number of H-pyrrole nitrogens is 3. The van der Waals surface area contributed by atoms with Crippen molar-refractivity contribution < 1.29 is 9.59 Å². The summed E-state index contributed by atoms with van der Waals surface area (Å²) in [7, 11) is 3.52. The Kier molecular flexibility index (Phi) is 8.63. The van der Waals surface area contributed by atoms with Gasteiger partial charge in [0.1, 0.15) is 8.96 Å². The Labute approximate surface area is 283 Å². The van der Waals surface area contributed by atoms with Gasteiger partial charge in [0, 0.05) is 94.7 Å². The molecule has 0 saturated heterocycles. The third-order valence-corrected chi connectivity index (χ3v) is 10.4. The van der Waals surface area contributed by atoms with E-state index in [-0.39, 0.29) is 11.8 Å². The van der Waals surface area contributed by atoms with Crippen LogP contribution in [-0.4, -0.2) is 43.3 Å². The first-order chi connectivity index (χ1) is 22.1.